The van der Waals surface area contributed by atoms with Crippen LogP contribution in [0.2, 0.25) is 0 Å². The van der Waals surface area contributed by atoms with E-state index in [1.165, 1.54) is 12.7 Å². The van der Waals surface area contributed by atoms with Gasteiger partial charge in [-0.2, -0.15) is 0 Å². The molecule has 0 saturated carbocycles. The molecule has 0 bridgehead atoms. The summed E-state index contributed by atoms with van der Waals surface area (Å²) in [6.07, 6.45) is 1.55. The number of rotatable bonds is 5. The summed E-state index contributed by atoms with van der Waals surface area (Å²) in [5.41, 5.74) is 2.67. The summed E-state index contributed by atoms with van der Waals surface area (Å²) < 4.78 is 5.79. The molecule has 0 spiro atoms. The zero-order valence-corrected chi connectivity index (χ0v) is 13.7. The molecule has 0 N–H and O–H groups in total. The Morgan fingerprint density at radius 1 is 1.45 bits per heavy atom. The zero-order chi connectivity index (χ0) is 14.5. The number of pyridine rings is 1. The summed E-state index contributed by atoms with van der Waals surface area (Å²) in [5, 5.41) is 2.13. The van der Waals surface area contributed by atoms with Gasteiger partial charge in [-0.05, 0) is 52.1 Å². The monoisotopic (exact) mass is 354 g/mol. The van der Waals surface area contributed by atoms with Crippen molar-refractivity contribution in [3.05, 3.63) is 50.4 Å². The summed E-state index contributed by atoms with van der Waals surface area (Å²) in [6, 6.07) is 5.71. The quantitative estimate of drug-likeness (QED) is 0.772. The predicted octanol–water partition coefficient (Wildman–Crippen LogP) is 3.32. The fraction of sp³-hybridized carbons (Fsp3) is 0.286. The smallest absolute Gasteiger partial charge is 0.339 e. The van der Waals surface area contributed by atoms with Crippen LogP contribution in [0.25, 0.3) is 0 Å². The number of thiophene rings is 1. The van der Waals surface area contributed by atoms with Gasteiger partial charge in [-0.1, -0.05) is 0 Å². The largest absolute Gasteiger partial charge is 0.465 e. The number of esters is 1. The van der Waals surface area contributed by atoms with Crippen molar-refractivity contribution >= 4 is 33.2 Å². The first-order valence-corrected chi connectivity index (χ1v) is 7.70. The van der Waals surface area contributed by atoms with Crippen molar-refractivity contribution < 1.29 is 9.53 Å². The molecule has 106 valence electrons. The van der Waals surface area contributed by atoms with Crippen molar-refractivity contribution in [1.82, 2.24) is 9.88 Å². The first kappa shape index (κ1) is 15.2. The van der Waals surface area contributed by atoms with E-state index >= 15 is 0 Å². The van der Waals surface area contributed by atoms with E-state index in [-0.39, 0.29) is 5.97 Å². The maximum atomic E-state index is 11.3. The van der Waals surface area contributed by atoms with Crippen LogP contribution >= 0.6 is 27.3 Å². The van der Waals surface area contributed by atoms with Crippen LogP contribution in [0.1, 0.15) is 21.6 Å². The van der Waals surface area contributed by atoms with Crippen LogP contribution in [0.4, 0.5) is 0 Å². The molecule has 2 heterocycles. The molecule has 2 aromatic heterocycles. The Hall–Kier alpha value is -1.24. The van der Waals surface area contributed by atoms with E-state index < -0.39 is 0 Å². The Morgan fingerprint density at radius 3 is 2.80 bits per heavy atom. The molecule has 0 unspecified atom stereocenters. The Morgan fingerprint density at radius 2 is 2.25 bits per heavy atom. The van der Waals surface area contributed by atoms with Crippen LogP contribution in [-0.4, -0.2) is 30.0 Å². The minimum absolute atomic E-state index is 0.361. The molecule has 0 amide bonds. The number of carbonyl (C=O) groups is 1. The molecule has 0 aromatic carbocycles. The Balaban J connectivity index is 1.94. The fourth-order valence-corrected chi connectivity index (χ4v) is 3.03. The number of hydrogen-bond acceptors (Lipinski definition) is 5. The first-order chi connectivity index (χ1) is 9.58. The highest BCUT2D eigenvalue weighted by molar-refractivity contribution is 9.11. The van der Waals surface area contributed by atoms with Crippen molar-refractivity contribution in [3.8, 4) is 0 Å². The minimum atomic E-state index is -0.361. The van der Waals surface area contributed by atoms with Crippen LogP contribution in [0.15, 0.2) is 33.6 Å². The summed E-state index contributed by atoms with van der Waals surface area (Å²) in [6.45, 7) is 1.59. The van der Waals surface area contributed by atoms with Gasteiger partial charge in [0.25, 0.3) is 0 Å². The third-order valence-electron chi connectivity index (χ3n) is 2.75. The molecule has 0 aliphatic rings. The van der Waals surface area contributed by atoms with E-state index in [2.05, 4.69) is 42.0 Å². The number of hydrogen-bond donors (Lipinski definition) is 0. The van der Waals surface area contributed by atoms with E-state index in [4.69, 9.17) is 0 Å². The standard InChI is InChI=1S/C14H15BrN2O2S/c1-17(7-10-5-13(15)20-9-10)8-12-4-3-11(6-16-12)14(18)19-2/h3-6,9H,7-8H2,1-2H3. The molecule has 0 aliphatic heterocycles. The Bertz CT molecular complexity index is 583. The summed E-state index contributed by atoms with van der Waals surface area (Å²) >= 11 is 5.14. The second-order valence-electron chi connectivity index (χ2n) is 4.46. The molecule has 0 saturated heterocycles. The molecule has 0 aliphatic carbocycles. The topological polar surface area (TPSA) is 42.4 Å². The van der Waals surface area contributed by atoms with Gasteiger partial charge in [-0.25, -0.2) is 4.79 Å². The van der Waals surface area contributed by atoms with Crippen molar-refractivity contribution in [2.75, 3.05) is 14.2 Å². The molecule has 6 heteroatoms. The molecular formula is C14H15BrN2O2S. The van der Waals surface area contributed by atoms with Gasteiger partial charge >= 0.3 is 5.97 Å². The molecule has 0 radical (unpaired) electrons. The van der Waals surface area contributed by atoms with Crippen LogP contribution in [0, 0.1) is 0 Å². The van der Waals surface area contributed by atoms with Gasteiger partial charge in [-0.15, -0.1) is 11.3 Å². The van der Waals surface area contributed by atoms with E-state index in [0.29, 0.717) is 5.56 Å². The van der Waals surface area contributed by atoms with Crippen LogP contribution in [0.5, 0.6) is 0 Å². The van der Waals surface area contributed by atoms with Gasteiger partial charge in [0, 0.05) is 19.3 Å². The lowest BCUT2D eigenvalue weighted by Gasteiger charge is -2.15. The maximum absolute atomic E-state index is 11.3. The highest BCUT2D eigenvalue weighted by Gasteiger charge is 2.08. The lowest BCUT2D eigenvalue weighted by Crippen LogP contribution is -2.17. The van der Waals surface area contributed by atoms with E-state index in [0.717, 1.165) is 22.6 Å². The van der Waals surface area contributed by atoms with Gasteiger partial charge in [-0.3, -0.25) is 9.88 Å². The van der Waals surface area contributed by atoms with Crippen molar-refractivity contribution in [2.45, 2.75) is 13.1 Å². The van der Waals surface area contributed by atoms with E-state index in [1.807, 2.05) is 13.1 Å². The molecular weight excluding hydrogens is 340 g/mol. The summed E-state index contributed by atoms with van der Waals surface area (Å²) in [5.74, 6) is -0.361. The normalized spacial score (nSPS) is 10.8. The third-order valence-corrected chi connectivity index (χ3v) is 4.31. The number of nitrogens with zero attached hydrogens (tertiary/aromatic N) is 2. The average molecular weight is 355 g/mol. The Kier molecular flexibility index (Phi) is 5.28. The summed E-state index contributed by atoms with van der Waals surface area (Å²) in [7, 11) is 3.41. The van der Waals surface area contributed by atoms with Crippen molar-refractivity contribution in [3.63, 3.8) is 0 Å². The number of carbonyl (C=O) groups excluding carboxylic acids is 1. The van der Waals surface area contributed by atoms with Gasteiger partial charge < -0.3 is 4.74 Å². The van der Waals surface area contributed by atoms with E-state index in [9.17, 15) is 4.79 Å². The van der Waals surface area contributed by atoms with Gasteiger partial charge in [0.05, 0.1) is 22.2 Å². The first-order valence-electron chi connectivity index (χ1n) is 6.03. The number of ether oxygens (including phenoxy) is 1. The van der Waals surface area contributed by atoms with E-state index in [1.54, 1.807) is 23.6 Å². The average Bonchev–Trinajstić information content (AvgIpc) is 2.84. The fourth-order valence-electron chi connectivity index (χ4n) is 1.83. The molecule has 20 heavy (non-hydrogen) atoms. The maximum Gasteiger partial charge on any atom is 0.339 e. The lowest BCUT2D eigenvalue weighted by atomic mass is 10.2. The number of aromatic nitrogens is 1. The zero-order valence-electron chi connectivity index (χ0n) is 11.3. The highest BCUT2D eigenvalue weighted by Crippen LogP contribution is 2.21. The molecule has 0 atom stereocenters. The van der Waals surface area contributed by atoms with Crippen LogP contribution in [0.3, 0.4) is 0 Å². The summed E-state index contributed by atoms with van der Waals surface area (Å²) in [4.78, 5) is 17.8. The minimum Gasteiger partial charge on any atom is -0.465 e. The number of halogens is 1. The van der Waals surface area contributed by atoms with Crippen LogP contribution in [-0.2, 0) is 17.8 Å². The number of methoxy groups -OCH3 is 1. The molecule has 2 rings (SSSR count). The second-order valence-corrected chi connectivity index (χ2v) is 6.75. The molecule has 4 nitrogen and oxygen atoms in total. The highest BCUT2D eigenvalue weighted by atomic mass is 79.9. The Labute approximate surface area is 130 Å². The molecule has 0 fully saturated rings. The van der Waals surface area contributed by atoms with Crippen molar-refractivity contribution in [1.29, 1.82) is 0 Å². The second kappa shape index (κ2) is 6.97. The van der Waals surface area contributed by atoms with Gasteiger partial charge in [0.2, 0.25) is 0 Å². The lowest BCUT2D eigenvalue weighted by molar-refractivity contribution is 0.0600. The van der Waals surface area contributed by atoms with Crippen molar-refractivity contribution in [2.24, 2.45) is 0 Å². The molecule has 2 aromatic rings. The van der Waals surface area contributed by atoms with Gasteiger partial charge in [0.15, 0.2) is 0 Å². The van der Waals surface area contributed by atoms with Crippen LogP contribution < -0.4 is 0 Å². The predicted molar refractivity (Wildman–Crippen MR) is 82.8 cm³/mol. The third kappa shape index (κ3) is 4.13. The van der Waals surface area contributed by atoms with Gasteiger partial charge in [0.1, 0.15) is 0 Å². The SMILES string of the molecule is COC(=O)c1ccc(CN(C)Cc2csc(Br)c2)nc1.